The summed E-state index contributed by atoms with van der Waals surface area (Å²) in [6.07, 6.45) is 2.70. The lowest BCUT2D eigenvalue weighted by Gasteiger charge is -2.03. The maximum absolute atomic E-state index is 13.5. The molecule has 82 valence electrons. The summed E-state index contributed by atoms with van der Waals surface area (Å²) in [4.78, 5) is 7.71. The van der Waals surface area contributed by atoms with E-state index in [0.29, 0.717) is 5.02 Å². The number of rotatable bonds is 1. The molecule has 1 N–H and O–H groups in total. The summed E-state index contributed by atoms with van der Waals surface area (Å²) in [5.41, 5.74) is 0.111. The normalized spacial score (nSPS) is 10.4. The third kappa shape index (κ3) is 2.08. The molecule has 0 atom stereocenters. The molecule has 2 aromatic rings. The molecule has 6 heteroatoms. The quantitative estimate of drug-likeness (QED) is 0.854. The smallest absolute Gasteiger partial charge is 0.162 e. The Hall–Kier alpha value is -1.39. The minimum atomic E-state index is -0.649. The van der Waals surface area contributed by atoms with Crippen LogP contribution in [0.4, 0.5) is 4.39 Å². The summed E-state index contributed by atoms with van der Waals surface area (Å²) < 4.78 is 13.5. The van der Waals surface area contributed by atoms with Gasteiger partial charge in [0.05, 0.1) is 15.6 Å². The first-order valence-corrected chi connectivity index (χ1v) is 4.99. The number of aromatic nitrogens is 2. The van der Waals surface area contributed by atoms with Crippen molar-refractivity contribution in [2.75, 3.05) is 0 Å². The van der Waals surface area contributed by atoms with Gasteiger partial charge in [0.2, 0.25) is 0 Å². The van der Waals surface area contributed by atoms with Gasteiger partial charge in [-0.05, 0) is 6.07 Å². The summed E-state index contributed by atoms with van der Waals surface area (Å²) in [7, 11) is 0. The first-order valence-electron chi connectivity index (χ1n) is 4.24. The molecule has 0 aliphatic carbocycles. The molecule has 0 aliphatic heterocycles. The average molecular weight is 259 g/mol. The van der Waals surface area contributed by atoms with Gasteiger partial charge in [-0.3, -0.25) is 0 Å². The van der Waals surface area contributed by atoms with Gasteiger partial charge in [0.15, 0.2) is 5.82 Å². The molecular weight excluding hydrogens is 254 g/mol. The zero-order valence-corrected chi connectivity index (χ0v) is 9.30. The fourth-order valence-corrected chi connectivity index (χ4v) is 1.42. The molecule has 1 heterocycles. The third-order valence-electron chi connectivity index (χ3n) is 1.90. The highest BCUT2D eigenvalue weighted by atomic mass is 35.5. The molecule has 0 aliphatic rings. The third-order valence-corrected chi connectivity index (χ3v) is 2.40. The predicted molar refractivity (Wildman–Crippen MR) is 59.1 cm³/mol. The number of benzene rings is 1. The second kappa shape index (κ2) is 4.23. The molecule has 0 radical (unpaired) electrons. The van der Waals surface area contributed by atoms with Gasteiger partial charge >= 0.3 is 0 Å². The molecular formula is C10H5Cl2FN2O. The van der Waals surface area contributed by atoms with Crippen LogP contribution in [-0.2, 0) is 0 Å². The van der Waals surface area contributed by atoms with Crippen LogP contribution in [-0.4, -0.2) is 15.1 Å². The Labute approximate surface area is 100 Å². The van der Waals surface area contributed by atoms with Crippen LogP contribution < -0.4 is 0 Å². The largest absolute Gasteiger partial charge is 0.506 e. The van der Waals surface area contributed by atoms with Gasteiger partial charge in [0, 0.05) is 18.5 Å². The highest BCUT2D eigenvalue weighted by molar-refractivity contribution is 6.32. The van der Waals surface area contributed by atoms with E-state index in [4.69, 9.17) is 23.2 Å². The lowest BCUT2D eigenvalue weighted by atomic mass is 10.2. The van der Waals surface area contributed by atoms with Crippen molar-refractivity contribution in [2.24, 2.45) is 0 Å². The molecule has 0 saturated carbocycles. The number of hydrogen-bond acceptors (Lipinski definition) is 3. The van der Waals surface area contributed by atoms with Crippen LogP contribution >= 0.6 is 23.2 Å². The SMILES string of the molecule is Oc1cc(F)c(-c2ncc(Cl)cn2)cc1Cl. The Morgan fingerprint density at radius 1 is 1.12 bits per heavy atom. The van der Waals surface area contributed by atoms with Crippen LogP contribution in [0.3, 0.4) is 0 Å². The standard InChI is InChI=1S/C10H5Cl2FN2O/c11-5-3-14-10(15-4-5)6-1-7(12)9(16)2-8(6)13/h1-4,16H. The summed E-state index contributed by atoms with van der Waals surface area (Å²) in [6, 6.07) is 2.17. The lowest BCUT2D eigenvalue weighted by Crippen LogP contribution is -1.91. The second-order valence-electron chi connectivity index (χ2n) is 3.01. The molecule has 1 aromatic heterocycles. The summed E-state index contributed by atoms with van der Waals surface area (Å²) in [5.74, 6) is -0.815. The lowest BCUT2D eigenvalue weighted by molar-refractivity contribution is 0.469. The van der Waals surface area contributed by atoms with Gasteiger partial charge < -0.3 is 5.11 Å². The highest BCUT2D eigenvalue weighted by Crippen LogP contribution is 2.30. The first-order chi connectivity index (χ1) is 7.58. The minimum Gasteiger partial charge on any atom is -0.506 e. The highest BCUT2D eigenvalue weighted by Gasteiger charge is 2.11. The summed E-state index contributed by atoms with van der Waals surface area (Å²) in [6.45, 7) is 0. The van der Waals surface area contributed by atoms with Crippen LogP contribution in [0.25, 0.3) is 11.4 Å². The Morgan fingerprint density at radius 2 is 1.75 bits per heavy atom. The number of nitrogens with zero attached hydrogens (tertiary/aromatic N) is 2. The number of hydrogen-bond donors (Lipinski definition) is 1. The number of aromatic hydroxyl groups is 1. The maximum Gasteiger partial charge on any atom is 0.162 e. The Morgan fingerprint density at radius 3 is 2.38 bits per heavy atom. The second-order valence-corrected chi connectivity index (χ2v) is 3.85. The van der Waals surface area contributed by atoms with E-state index in [1.165, 1.54) is 18.5 Å². The van der Waals surface area contributed by atoms with Crippen molar-refractivity contribution in [3.05, 3.63) is 40.4 Å². The number of halogens is 3. The van der Waals surface area contributed by atoms with Crippen LogP contribution in [0.5, 0.6) is 5.75 Å². The Balaban J connectivity index is 2.56. The monoisotopic (exact) mass is 258 g/mol. The zero-order chi connectivity index (χ0) is 11.7. The van der Waals surface area contributed by atoms with Crippen molar-refractivity contribution < 1.29 is 9.50 Å². The number of phenolic OH excluding ortho intramolecular Hbond substituents is 1. The van der Waals surface area contributed by atoms with E-state index in [-0.39, 0.29) is 22.2 Å². The molecule has 0 fully saturated rings. The summed E-state index contributed by atoms with van der Waals surface area (Å²) >= 11 is 11.3. The molecule has 0 saturated heterocycles. The molecule has 0 spiro atoms. The van der Waals surface area contributed by atoms with Crippen molar-refractivity contribution in [2.45, 2.75) is 0 Å². The van der Waals surface area contributed by atoms with Crippen molar-refractivity contribution in [3.63, 3.8) is 0 Å². The van der Waals surface area contributed by atoms with E-state index in [9.17, 15) is 9.50 Å². The van der Waals surface area contributed by atoms with Gasteiger partial charge in [-0.15, -0.1) is 0 Å². The van der Waals surface area contributed by atoms with Gasteiger partial charge in [0.1, 0.15) is 11.6 Å². The van der Waals surface area contributed by atoms with Crippen molar-refractivity contribution >= 4 is 23.2 Å². The van der Waals surface area contributed by atoms with Crippen LogP contribution in [0, 0.1) is 5.82 Å². The van der Waals surface area contributed by atoms with Gasteiger partial charge in [-0.25, -0.2) is 14.4 Å². The van der Waals surface area contributed by atoms with E-state index >= 15 is 0 Å². The van der Waals surface area contributed by atoms with Crippen molar-refractivity contribution in [1.29, 1.82) is 0 Å². The predicted octanol–water partition coefficient (Wildman–Crippen LogP) is 3.30. The molecule has 2 rings (SSSR count). The maximum atomic E-state index is 13.5. The molecule has 1 aromatic carbocycles. The average Bonchev–Trinajstić information content (AvgIpc) is 2.25. The van der Waals surface area contributed by atoms with E-state index in [1.807, 2.05) is 0 Å². The molecule has 3 nitrogen and oxygen atoms in total. The molecule has 0 bridgehead atoms. The van der Waals surface area contributed by atoms with Crippen molar-refractivity contribution in [3.8, 4) is 17.1 Å². The minimum absolute atomic E-state index is 0.0370. The Kier molecular flexibility index (Phi) is 2.94. The van der Waals surface area contributed by atoms with Crippen molar-refractivity contribution in [1.82, 2.24) is 9.97 Å². The first kappa shape index (κ1) is 11.1. The van der Waals surface area contributed by atoms with Crippen LogP contribution in [0.1, 0.15) is 0 Å². The van der Waals surface area contributed by atoms with Gasteiger partial charge in [0.25, 0.3) is 0 Å². The van der Waals surface area contributed by atoms with Gasteiger partial charge in [-0.2, -0.15) is 0 Å². The Bertz CT molecular complexity index is 531. The van der Waals surface area contributed by atoms with E-state index < -0.39 is 5.82 Å². The summed E-state index contributed by atoms with van der Waals surface area (Å²) in [5, 5.41) is 9.57. The van der Waals surface area contributed by atoms with E-state index in [2.05, 4.69) is 9.97 Å². The molecule has 16 heavy (non-hydrogen) atoms. The van der Waals surface area contributed by atoms with Crippen LogP contribution in [0.15, 0.2) is 24.5 Å². The van der Waals surface area contributed by atoms with Crippen LogP contribution in [0.2, 0.25) is 10.0 Å². The molecule has 0 amide bonds. The van der Waals surface area contributed by atoms with Gasteiger partial charge in [-0.1, -0.05) is 23.2 Å². The zero-order valence-electron chi connectivity index (χ0n) is 7.78. The van der Waals surface area contributed by atoms with E-state index in [1.54, 1.807) is 0 Å². The number of phenols is 1. The molecule has 0 unspecified atom stereocenters. The fourth-order valence-electron chi connectivity index (χ4n) is 1.16. The van der Waals surface area contributed by atoms with E-state index in [0.717, 1.165) is 6.07 Å². The topological polar surface area (TPSA) is 46.0 Å². The fraction of sp³-hybridized carbons (Fsp3) is 0.